The summed E-state index contributed by atoms with van der Waals surface area (Å²) >= 11 is 0. The molecule has 116 valence electrons. The van der Waals surface area contributed by atoms with Crippen LogP contribution in [0.2, 0.25) is 0 Å². The molecule has 0 unspecified atom stereocenters. The van der Waals surface area contributed by atoms with E-state index < -0.39 is 12.3 Å². The smallest absolute Gasteiger partial charge is 0.507 e. The normalized spacial score (nSPS) is 11.0. The molecule has 0 heterocycles. The number of ether oxygens (including phenoxy) is 1. The van der Waals surface area contributed by atoms with Crippen molar-refractivity contribution in [3.05, 3.63) is 59.7 Å². The predicted octanol–water partition coefficient (Wildman–Crippen LogP) is 3.22. The maximum Gasteiger partial charge on any atom is 0.573 e. The Hall–Kier alpha value is -2.70. The maximum absolute atomic E-state index is 12.0. The van der Waals surface area contributed by atoms with Gasteiger partial charge >= 0.3 is 6.36 Å². The number of carbonyl (C=O) groups excluding carboxylic acids is 1. The molecule has 0 spiro atoms. The Morgan fingerprint density at radius 2 is 1.73 bits per heavy atom. The zero-order chi connectivity index (χ0) is 16.2. The molecule has 0 saturated carbocycles. The minimum atomic E-state index is -4.74. The van der Waals surface area contributed by atoms with Crippen LogP contribution in [0.25, 0.3) is 0 Å². The molecule has 0 aliphatic rings. The molecule has 0 atom stereocenters. The molecule has 0 aromatic heterocycles. The van der Waals surface area contributed by atoms with E-state index in [4.69, 9.17) is 0 Å². The van der Waals surface area contributed by atoms with E-state index in [1.807, 2.05) is 0 Å². The molecule has 0 radical (unpaired) electrons. The highest BCUT2D eigenvalue weighted by atomic mass is 19.4. The monoisotopic (exact) mass is 311 g/mol. The number of benzene rings is 2. The van der Waals surface area contributed by atoms with Crippen molar-refractivity contribution >= 4 is 5.91 Å². The van der Waals surface area contributed by atoms with Crippen molar-refractivity contribution in [1.29, 1.82) is 0 Å². The summed E-state index contributed by atoms with van der Waals surface area (Å²) in [7, 11) is 0. The molecule has 0 bridgehead atoms. The van der Waals surface area contributed by atoms with Gasteiger partial charge in [-0.3, -0.25) is 4.79 Å². The van der Waals surface area contributed by atoms with Crippen LogP contribution >= 0.6 is 0 Å². The lowest BCUT2D eigenvalue weighted by atomic mass is 10.1. The molecule has 0 fully saturated rings. The van der Waals surface area contributed by atoms with Crippen LogP contribution < -0.4 is 10.1 Å². The zero-order valence-corrected chi connectivity index (χ0v) is 11.2. The number of nitrogens with one attached hydrogen (secondary N) is 1. The first-order valence-corrected chi connectivity index (χ1v) is 6.26. The topological polar surface area (TPSA) is 58.6 Å². The summed E-state index contributed by atoms with van der Waals surface area (Å²) in [5.41, 5.74) is 0.720. The summed E-state index contributed by atoms with van der Waals surface area (Å²) in [5, 5.41) is 12.1. The van der Waals surface area contributed by atoms with Gasteiger partial charge in [0.2, 0.25) is 0 Å². The van der Waals surface area contributed by atoms with E-state index in [2.05, 4.69) is 10.1 Å². The van der Waals surface area contributed by atoms with Crippen LogP contribution in [-0.2, 0) is 6.54 Å². The SMILES string of the molecule is O=C(NCc1ccc(OC(F)(F)F)cc1)c1ccccc1O. The van der Waals surface area contributed by atoms with Gasteiger partial charge in [-0.15, -0.1) is 13.2 Å². The number of carbonyl (C=O) groups is 1. The van der Waals surface area contributed by atoms with Crippen molar-refractivity contribution in [2.75, 3.05) is 0 Å². The third kappa shape index (κ3) is 4.41. The van der Waals surface area contributed by atoms with Crippen molar-refractivity contribution < 1.29 is 27.8 Å². The minimum Gasteiger partial charge on any atom is -0.507 e. The third-order valence-corrected chi connectivity index (χ3v) is 2.76. The fourth-order valence-electron chi connectivity index (χ4n) is 1.75. The quantitative estimate of drug-likeness (QED) is 0.911. The average molecular weight is 311 g/mol. The highest BCUT2D eigenvalue weighted by Gasteiger charge is 2.30. The Kier molecular flexibility index (Phi) is 4.55. The van der Waals surface area contributed by atoms with Gasteiger partial charge in [0.25, 0.3) is 5.91 Å². The van der Waals surface area contributed by atoms with Crippen molar-refractivity contribution in [3.8, 4) is 11.5 Å². The van der Waals surface area contributed by atoms with Gasteiger partial charge in [-0.2, -0.15) is 0 Å². The summed E-state index contributed by atoms with van der Waals surface area (Å²) in [5.74, 6) is -0.953. The number of aromatic hydroxyl groups is 1. The first kappa shape index (κ1) is 15.7. The number of rotatable bonds is 4. The van der Waals surface area contributed by atoms with Crippen molar-refractivity contribution in [2.45, 2.75) is 12.9 Å². The molecule has 2 aromatic rings. The minimum absolute atomic E-state index is 0.111. The second kappa shape index (κ2) is 6.38. The van der Waals surface area contributed by atoms with E-state index >= 15 is 0 Å². The van der Waals surface area contributed by atoms with Crippen molar-refractivity contribution in [2.24, 2.45) is 0 Å². The molecule has 0 saturated heterocycles. The molecule has 2 N–H and O–H groups in total. The summed E-state index contributed by atoms with van der Waals surface area (Å²) in [4.78, 5) is 11.8. The third-order valence-electron chi connectivity index (χ3n) is 2.76. The highest BCUT2D eigenvalue weighted by Crippen LogP contribution is 2.22. The van der Waals surface area contributed by atoms with E-state index in [1.165, 1.54) is 24.3 Å². The molecule has 7 heteroatoms. The van der Waals surface area contributed by atoms with Gasteiger partial charge in [0.1, 0.15) is 11.5 Å². The molecular formula is C15H12F3NO3. The van der Waals surface area contributed by atoms with E-state index in [0.29, 0.717) is 5.56 Å². The van der Waals surface area contributed by atoms with Gasteiger partial charge in [0, 0.05) is 6.54 Å². The van der Waals surface area contributed by atoms with Crippen LogP contribution in [0.4, 0.5) is 13.2 Å². The fraction of sp³-hybridized carbons (Fsp3) is 0.133. The highest BCUT2D eigenvalue weighted by molar-refractivity contribution is 5.96. The van der Waals surface area contributed by atoms with Gasteiger partial charge in [0.15, 0.2) is 0 Å². The molecule has 2 aromatic carbocycles. The number of alkyl halides is 3. The molecule has 4 nitrogen and oxygen atoms in total. The number of hydrogen-bond acceptors (Lipinski definition) is 3. The zero-order valence-electron chi connectivity index (χ0n) is 11.2. The summed E-state index contributed by atoms with van der Waals surface area (Å²) in [6.07, 6.45) is -4.74. The first-order valence-electron chi connectivity index (χ1n) is 6.26. The number of phenols is 1. The molecule has 0 aliphatic carbocycles. The van der Waals surface area contributed by atoms with Crippen LogP contribution in [0, 0.1) is 0 Å². The van der Waals surface area contributed by atoms with Crippen molar-refractivity contribution in [1.82, 2.24) is 5.32 Å². The van der Waals surface area contributed by atoms with Crippen molar-refractivity contribution in [3.63, 3.8) is 0 Å². The summed E-state index contributed by atoms with van der Waals surface area (Å²) in [6, 6.07) is 11.2. The van der Waals surface area contributed by atoms with E-state index in [9.17, 15) is 23.1 Å². The maximum atomic E-state index is 12.0. The standard InChI is InChI=1S/C15H12F3NO3/c16-15(17,18)22-11-7-5-10(6-8-11)9-19-14(21)12-3-1-2-4-13(12)20/h1-8,20H,9H2,(H,19,21). The summed E-state index contributed by atoms with van der Waals surface area (Å²) < 4.78 is 39.8. The lowest BCUT2D eigenvalue weighted by Gasteiger charge is -2.10. The van der Waals surface area contributed by atoms with Crippen LogP contribution in [0.3, 0.4) is 0 Å². The van der Waals surface area contributed by atoms with Crippen LogP contribution in [-0.4, -0.2) is 17.4 Å². The van der Waals surface area contributed by atoms with Gasteiger partial charge < -0.3 is 15.2 Å². The van der Waals surface area contributed by atoms with Gasteiger partial charge in [-0.05, 0) is 29.8 Å². The van der Waals surface area contributed by atoms with E-state index in [1.54, 1.807) is 12.1 Å². The molecule has 0 aliphatic heterocycles. The first-order chi connectivity index (χ1) is 10.3. The van der Waals surface area contributed by atoms with Gasteiger partial charge in [-0.25, -0.2) is 0 Å². The second-order valence-corrected chi connectivity index (χ2v) is 4.39. The molecular weight excluding hydrogens is 299 g/mol. The Balaban J connectivity index is 1.95. The Morgan fingerprint density at radius 1 is 1.09 bits per heavy atom. The van der Waals surface area contributed by atoms with Crippen LogP contribution in [0.1, 0.15) is 15.9 Å². The number of hydrogen-bond donors (Lipinski definition) is 2. The fourth-order valence-corrected chi connectivity index (χ4v) is 1.75. The number of phenolic OH excluding ortho intramolecular Hbond substituents is 1. The van der Waals surface area contributed by atoms with E-state index in [-0.39, 0.29) is 23.6 Å². The Labute approximate surface area is 124 Å². The largest absolute Gasteiger partial charge is 0.573 e. The van der Waals surface area contributed by atoms with Crippen LogP contribution in [0.5, 0.6) is 11.5 Å². The Morgan fingerprint density at radius 3 is 2.32 bits per heavy atom. The lowest BCUT2D eigenvalue weighted by molar-refractivity contribution is -0.274. The number of amides is 1. The molecule has 1 amide bonds. The summed E-state index contributed by atoms with van der Waals surface area (Å²) in [6.45, 7) is 0.111. The number of para-hydroxylation sites is 1. The Bertz CT molecular complexity index is 654. The van der Waals surface area contributed by atoms with Gasteiger partial charge in [0.05, 0.1) is 5.56 Å². The number of halogens is 3. The lowest BCUT2D eigenvalue weighted by Crippen LogP contribution is -2.22. The molecule has 22 heavy (non-hydrogen) atoms. The molecule has 2 rings (SSSR count). The van der Waals surface area contributed by atoms with Gasteiger partial charge in [-0.1, -0.05) is 24.3 Å². The predicted molar refractivity (Wildman–Crippen MR) is 72.4 cm³/mol. The average Bonchev–Trinajstić information content (AvgIpc) is 2.45. The second-order valence-electron chi connectivity index (χ2n) is 4.39. The van der Waals surface area contributed by atoms with Crippen LogP contribution in [0.15, 0.2) is 48.5 Å². The van der Waals surface area contributed by atoms with E-state index in [0.717, 1.165) is 12.1 Å².